The van der Waals surface area contributed by atoms with Crippen LogP contribution < -0.4 is 15.5 Å². The third kappa shape index (κ3) is 3.00. The third-order valence-corrected chi connectivity index (χ3v) is 7.15. The van der Waals surface area contributed by atoms with Gasteiger partial charge in [0.25, 0.3) is 0 Å². The lowest BCUT2D eigenvalue weighted by atomic mass is 9.68. The number of urea groups is 1. The lowest BCUT2D eigenvalue weighted by Crippen LogP contribution is -2.56. The standard InChI is InChI=1S/C25H27N5O/c31-24(27-18-8-10-20(11-9-18)29-12-4-1-5-13-29)28-19-14-25(15-19)22-7-3-2-6-21(22)23-16-26-17-30(23)25/h2-3,6-11,16-17,19H,1,4-5,12-15H2,(H2,27,28,31). The molecule has 2 amide bonds. The summed E-state index contributed by atoms with van der Waals surface area (Å²) < 4.78 is 2.28. The molecule has 6 rings (SSSR count). The van der Waals surface area contributed by atoms with Gasteiger partial charge in [0.15, 0.2) is 0 Å². The Hall–Kier alpha value is -3.28. The highest BCUT2D eigenvalue weighted by Crippen LogP contribution is 2.54. The Labute approximate surface area is 182 Å². The number of anilines is 2. The molecule has 31 heavy (non-hydrogen) atoms. The van der Waals surface area contributed by atoms with E-state index < -0.39 is 0 Å². The summed E-state index contributed by atoms with van der Waals surface area (Å²) in [4.78, 5) is 19.4. The highest BCUT2D eigenvalue weighted by atomic mass is 16.2. The number of fused-ring (bicyclic) bond motifs is 5. The molecule has 1 saturated heterocycles. The van der Waals surface area contributed by atoms with Gasteiger partial charge < -0.3 is 20.1 Å². The number of carbonyl (C=O) groups excluding carboxylic acids is 1. The highest BCUT2D eigenvalue weighted by Gasteiger charge is 2.52. The number of nitrogens with one attached hydrogen (secondary N) is 2. The molecule has 1 aromatic heterocycles. The lowest BCUT2D eigenvalue weighted by molar-refractivity contribution is 0.149. The molecule has 1 saturated carbocycles. The van der Waals surface area contributed by atoms with Crippen molar-refractivity contribution in [3.63, 3.8) is 0 Å². The van der Waals surface area contributed by atoms with Crippen molar-refractivity contribution in [2.45, 2.75) is 43.7 Å². The van der Waals surface area contributed by atoms with Crippen LogP contribution in [-0.2, 0) is 5.54 Å². The van der Waals surface area contributed by atoms with Crippen molar-refractivity contribution in [1.29, 1.82) is 0 Å². The first kappa shape index (κ1) is 18.5. The second-order valence-corrected chi connectivity index (χ2v) is 9.02. The molecule has 1 aliphatic carbocycles. The van der Waals surface area contributed by atoms with E-state index in [2.05, 4.69) is 61.5 Å². The monoisotopic (exact) mass is 413 g/mol. The number of hydrogen-bond donors (Lipinski definition) is 2. The average molecular weight is 414 g/mol. The fraction of sp³-hybridized carbons (Fsp3) is 0.360. The maximum Gasteiger partial charge on any atom is 0.319 e. The molecule has 1 spiro atoms. The summed E-state index contributed by atoms with van der Waals surface area (Å²) in [5, 5.41) is 6.15. The first-order valence-electron chi connectivity index (χ1n) is 11.3. The predicted molar refractivity (Wildman–Crippen MR) is 122 cm³/mol. The first-order valence-corrected chi connectivity index (χ1v) is 11.3. The van der Waals surface area contributed by atoms with Crippen LogP contribution in [0.4, 0.5) is 16.2 Å². The van der Waals surface area contributed by atoms with E-state index in [1.165, 1.54) is 41.8 Å². The van der Waals surface area contributed by atoms with E-state index in [4.69, 9.17) is 0 Å². The van der Waals surface area contributed by atoms with E-state index in [9.17, 15) is 4.79 Å². The van der Waals surface area contributed by atoms with E-state index in [-0.39, 0.29) is 17.6 Å². The van der Waals surface area contributed by atoms with Crippen LogP contribution in [0.5, 0.6) is 0 Å². The summed E-state index contributed by atoms with van der Waals surface area (Å²) in [6.45, 7) is 2.25. The summed E-state index contributed by atoms with van der Waals surface area (Å²) in [7, 11) is 0. The summed E-state index contributed by atoms with van der Waals surface area (Å²) >= 11 is 0. The molecule has 3 aromatic rings. The minimum absolute atomic E-state index is 0.0730. The molecule has 6 nitrogen and oxygen atoms in total. The average Bonchev–Trinajstić information content (AvgIpc) is 3.36. The summed E-state index contributed by atoms with van der Waals surface area (Å²) in [6.07, 6.45) is 9.48. The number of benzene rings is 2. The Morgan fingerprint density at radius 3 is 2.58 bits per heavy atom. The molecule has 2 N–H and O–H groups in total. The van der Waals surface area contributed by atoms with Gasteiger partial charge in [-0.25, -0.2) is 9.78 Å². The van der Waals surface area contributed by atoms with Crippen molar-refractivity contribution in [1.82, 2.24) is 14.9 Å². The summed E-state index contributed by atoms with van der Waals surface area (Å²) in [6, 6.07) is 16.8. The van der Waals surface area contributed by atoms with Crippen LogP contribution >= 0.6 is 0 Å². The number of aromatic nitrogens is 2. The molecular formula is C25H27N5O. The zero-order chi connectivity index (χ0) is 20.8. The molecular weight excluding hydrogens is 386 g/mol. The molecule has 158 valence electrons. The second-order valence-electron chi connectivity index (χ2n) is 9.02. The van der Waals surface area contributed by atoms with E-state index >= 15 is 0 Å². The van der Waals surface area contributed by atoms with Gasteiger partial charge in [-0.05, 0) is 61.9 Å². The Kier molecular flexibility index (Phi) is 4.26. The number of carbonyl (C=O) groups is 1. The fourth-order valence-electron chi connectivity index (χ4n) is 5.61. The zero-order valence-corrected chi connectivity index (χ0v) is 17.6. The van der Waals surface area contributed by atoms with Crippen LogP contribution in [0, 0.1) is 0 Å². The number of nitrogens with zero attached hydrogens (tertiary/aromatic N) is 3. The minimum atomic E-state index is -0.136. The van der Waals surface area contributed by atoms with E-state index in [0.717, 1.165) is 31.6 Å². The maximum atomic E-state index is 12.6. The van der Waals surface area contributed by atoms with Crippen molar-refractivity contribution < 1.29 is 4.79 Å². The van der Waals surface area contributed by atoms with Crippen molar-refractivity contribution >= 4 is 17.4 Å². The molecule has 0 bridgehead atoms. The predicted octanol–water partition coefficient (Wildman–Crippen LogP) is 4.58. The summed E-state index contributed by atoms with van der Waals surface area (Å²) in [5.74, 6) is 0. The molecule has 3 heterocycles. The second kappa shape index (κ2) is 7.15. The van der Waals surface area contributed by atoms with Gasteiger partial charge in [0, 0.05) is 36.1 Å². The number of rotatable bonds is 3. The molecule has 2 fully saturated rings. The third-order valence-electron chi connectivity index (χ3n) is 7.15. The molecule has 6 heteroatoms. The molecule has 0 unspecified atom stereocenters. The topological polar surface area (TPSA) is 62.2 Å². The van der Waals surface area contributed by atoms with E-state index in [0.29, 0.717) is 0 Å². The van der Waals surface area contributed by atoms with Gasteiger partial charge in [0.2, 0.25) is 0 Å². The molecule has 2 aliphatic heterocycles. The van der Waals surface area contributed by atoms with Crippen molar-refractivity contribution in [3.8, 4) is 11.3 Å². The summed E-state index contributed by atoms with van der Waals surface area (Å²) in [5.41, 5.74) is 5.78. The molecule has 0 radical (unpaired) electrons. The highest BCUT2D eigenvalue weighted by molar-refractivity contribution is 5.89. The Morgan fingerprint density at radius 2 is 1.77 bits per heavy atom. The first-order chi connectivity index (χ1) is 15.2. The van der Waals surface area contributed by atoms with Gasteiger partial charge >= 0.3 is 6.03 Å². The Bertz CT molecular complexity index is 1110. The van der Waals surface area contributed by atoms with E-state index in [1.807, 2.05) is 24.7 Å². The van der Waals surface area contributed by atoms with Gasteiger partial charge in [0.05, 0.1) is 23.8 Å². The van der Waals surface area contributed by atoms with Crippen LogP contribution in [0.2, 0.25) is 0 Å². The van der Waals surface area contributed by atoms with Gasteiger partial charge in [-0.3, -0.25) is 0 Å². The maximum absolute atomic E-state index is 12.6. The number of amides is 2. The van der Waals surface area contributed by atoms with Crippen LogP contribution in [0.3, 0.4) is 0 Å². The quantitative estimate of drug-likeness (QED) is 0.661. The minimum Gasteiger partial charge on any atom is -0.372 e. The number of hydrogen-bond acceptors (Lipinski definition) is 3. The Morgan fingerprint density at radius 1 is 1.00 bits per heavy atom. The van der Waals surface area contributed by atoms with Crippen LogP contribution in [0.15, 0.2) is 61.1 Å². The van der Waals surface area contributed by atoms with Crippen LogP contribution in [0.1, 0.15) is 37.7 Å². The van der Waals surface area contributed by atoms with Crippen molar-refractivity contribution in [2.75, 3.05) is 23.3 Å². The lowest BCUT2D eigenvalue weighted by Gasteiger charge is -2.47. The van der Waals surface area contributed by atoms with Crippen LogP contribution in [-0.4, -0.2) is 34.7 Å². The SMILES string of the molecule is O=C(Nc1ccc(N2CCCCC2)cc1)NC1CC2(C1)c1ccccc1-c1cncn12. The largest absolute Gasteiger partial charge is 0.372 e. The molecule has 0 atom stereocenters. The van der Waals surface area contributed by atoms with Gasteiger partial charge in [-0.1, -0.05) is 24.3 Å². The molecule has 2 aromatic carbocycles. The molecule has 3 aliphatic rings. The normalized spacial score (nSPS) is 23.7. The van der Waals surface area contributed by atoms with Crippen molar-refractivity contribution in [3.05, 3.63) is 66.6 Å². The Balaban J connectivity index is 1.09. The number of piperidine rings is 1. The fourth-order valence-corrected chi connectivity index (χ4v) is 5.61. The number of imidazole rings is 1. The van der Waals surface area contributed by atoms with Gasteiger partial charge in [0.1, 0.15) is 0 Å². The van der Waals surface area contributed by atoms with Gasteiger partial charge in [-0.2, -0.15) is 0 Å². The smallest absolute Gasteiger partial charge is 0.319 e. The van der Waals surface area contributed by atoms with Gasteiger partial charge in [-0.15, -0.1) is 0 Å². The van der Waals surface area contributed by atoms with Crippen molar-refractivity contribution in [2.24, 2.45) is 0 Å². The zero-order valence-electron chi connectivity index (χ0n) is 17.6. The van der Waals surface area contributed by atoms with Crippen LogP contribution in [0.25, 0.3) is 11.3 Å². The van der Waals surface area contributed by atoms with E-state index in [1.54, 1.807) is 0 Å².